The van der Waals surface area contributed by atoms with Gasteiger partial charge in [-0.3, -0.25) is 0 Å². The Balaban J connectivity index is 0.00000225. The zero-order valence-corrected chi connectivity index (χ0v) is 21.7. The summed E-state index contributed by atoms with van der Waals surface area (Å²) in [5.41, 5.74) is 9.08. The molecule has 0 aliphatic heterocycles. The molecule has 0 nitrogen and oxygen atoms in total. The Bertz CT molecular complexity index is 945. The molecule has 0 amide bonds. The first kappa shape index (κ1) is 29.6. The summed E-state index contributed by atoms with van der Waals surface area (Å²) in [6, 6.07) is 35.1. The molecule has 0 aromatic heterocycles. The van der Waals surface area contributed by atoms with Gasteiger partial charge < -0.3 is 37.2 Å². The molecule has 0 unspecified atom stereocenters. The fourth-order valence-electron chi connectivity index (χ4n) is 4.57. The molecular weight excluding hydrogens is 479 g/mol. The number of hydrogen-bond acceptors (Lipinski definition) is 0. The van der Waals surface area contributed by atoms with Crippen molar-refractivity contribution in [3.8, 4) is 0 Å². The molecule has 0 heterocycles. The smallest absolute Gasteiger partial charge is 1.00 e. The van der Waals surface area contributed by atoms with Crippen molar-refractivity contribution in [3.05, 3.63) is 136 Å². The molecule has 0 fully saturated rings. The number of rotatable bonds is 4. The largest absolute Gasteiger partial charge is 4.00 e. The minimum atomic E-state index is -0.327. The first-order valence-corrected chi connectivity index (χ1v) is 9.56. The fourth-order valence-corrected chi connectivity index (χ4v) is 4.57. The molecule has 4 aromatic rings. The Morgan fingerprint density at radius 3 is 1.13 bits per heavy atom. The molecule has 0 spiro atoms. The summed E-state index contributed by atoms with van der Waals surface area (Å²) < 4.78 is 0. The van der Waals surface area contributed by atoms with Crippen LogP contribution in [0.5, 0.6) is 0 Å². The van der Waals surface area contributed by atoms with E-state index in [1.807, 2.05) is 0 Å². The van der Waals surface area contributed by atoms with E-state index in [4.69, 9.17) is 0 Å². The van der Waals surface area contributed by atoms with Gasteiger partial charge in [0.15, 0.2) is 0 Å². The monoisotopic (exact) mass is 502 g/mol. The number of hydrogen-bond donors (Lipinski definition) is 0. The van der Waals surface area contributed by atoms with Crippen LogP contribution in [0.25, 0.3) is 0 Å². The predicted molar refractivity (Wildman–Crippen MR) is 115 cm³/mol. The van der Waals surface area contributed by atoms with Crippen LogP contribution in [-0.4, -0.2) is 0 Å². The summed E-state index contributed by atoms with van der Waals surface area (Å²) >= 11 is 0. The number of aryl methyl sites for hydroxylation is 2. The van der Waals surface area contributed by atoms with Crippen molar-refractivity contribution in [2.75, 3.05) is 0 Å². The van der Waals surface area contributed by atoms with Gasteiger partial charge in [-0.1, -0.05) is 112 Å². The van der Waals surface area contributed by atoms with Crippen LogP contribution in [0.3, 0.4) is 0 Å². The van der Waals surface area contributed by atoms with Gasteiger partial charge in [-0.25, -0.2) is 6.07 Å². The molecule has 4 aromatic carbocycles. The van der Waals surface area contributed by atoms with E-state index < -0.39 is 0 Å². The summed E-state index contributed by atoms with van der Waals surface area (Å²) in [5.74, 6) is 0. The zero-order chi connectivity index (χ0) is 18.9. The van der Waals surface area contributed by atoms with Crippen LogP contribution in [0.15, 0.2) is 97.1 Å². The van der Waals surface area contributed by atoms with Crippen molar-refractivity contribution in [2.24, 2.45) is 0 Å². The van der Waals surface area contributed by atoms with E-state index in [1.54, 1.807) is 0 Å². The van der Waals surface area contributed by atoms with Gasteiger partial charge in [0, 0.05) is 5.41 Å². The molecule has 0 aliphatic rings. The van der Waals surface area contributed by atoms with Gasteiger partial charge in [0.1, 0.15) is 0 Å². The van der Waals surface area contributed by atoms with E-state index in [1.165, 1.54) is 38.9 Å². The Morgan fingerprint density at radius 1 is 0.548 bits per heavy atom. The van der Waals surface area contributed by atoms with Crippen LogP contribution in [-0.2, 0) is 27.1 Å². The second kappa shape index (κ2) is 12.6. The van der Waals surface area contributed by atoms with E-state index in [-0.39, 0.29) is 64.4 Å². The maximum Gasteiger partial charge on any atom is 4.00 e. The minimum Gasteiger partial charge on any atom is -1.00 e. The van der Waals surface area contributed by atoms with Gasteiger partial charge in [-0.2, -0.15) is 16.7 Å². The van der Waals surface area contributed by atoms with Crippen LogP contribution < -0.4 is 37.2 Å². The summed E-state index contributed by atoms with van der Waals surface area (Å²) in [7, 11) is 0. The SMILES string of the molecule is Cc1cc(C)[c-](C(c2ccccc2)(c2ccccc2)c2ccccc2)c1C.[Cl-].[Cl-].[Cl-].[Ti+4]. The second-order valence-corrected chi connectivity index (χ2v) is 7.36. The van der Waals surface area contributed by atoms with Gasteiger partial charge in [0.2, 0.25) is 0 Å². The van der Waals surface area contributed by atoms with Gasteiger partial charge in [-0.15, -0.1) is 5.56 Å². The van der Waals surface area contributed by atoms with Crippen molar-refractivity contribution >= 4 is 0 Å². The van der Waals surface area contributed by atoms with Gasteiger partial charge >= 0.3 is 21.7 Å². The molecule has 0 N–H and O–H groups in total. The summed E-state index contributed by atoms with van der Waals surface area (Å²) in [4.78, 5) is 0. The average Bonchev–Trinajstić information content (AvgIpc) is 2.98. The van der Waals surface area contributed by atoms with Gasteiger partial charge in [0.05, 0.1) is 0 Å². The second-order valence-electron chi connectivity index (χ2n) is 7.36. The molecule has 4 rings (SSSR count). The molecule has 0 radical (unpaired) electrons. The number of benzene rings is 3. The molecule has 4 heteroatoms. The van der Waals surface area contributed by atoms with E-state index >= 15 is 0 Å². The third-order valence-electron chi connectivity index (χ3n) is 5.79. The zero-order valence-electron chi connectivity index (χ0n) is 17.9. The van der Waals surface area contributed by atoms with E-state index in [2.05, 4.69) is 118 Å². The Kier molecular flexibility index (Phi) is 12.0. The first-order chi connectivity index (χ1) is 13.2. The van der Waals surface area contributed by atoms with Crippen LogP contribution in [0, 0.1) is 20.8 Å². The van der Waals surface area contributed by atoms with E-state index in [0.717, 1.165) is 0 Å². The maximum atomic E-state index is 2.33. The van der Waals surface area contributed by atoms with Crippen LogP contribution in [0.2, 0.25) is 0 Å². The first-order valence-electron chi connectivity index (χ1n) is 9.56. The molecule has 0 saturated heterocycles. The van der Waals surface area contributed by atoms with Gasteiger partial charge in [0.25, 0.3) is 0 Å². The van der Waals surface area contributed by atoms with Crippen molar-refractivity contribution in [2.45, 2.75) is 26.2 Å². The maximum absolute atomic E-state index is 2.33. The third kappa shape index (κ3) is 5.16. The van der Waals surface area contributed by atoms with Crippen molar-refractivity contribution in [1.82, 2.24) is 0 Å². The van der Waals surface area contributed by atoms with E-state index in [0.29, 0.717) is 0 Å². The Morgan fingerprint density at radius 2 is 0.871 bits per heavy atom. The van der Waals surface area contributed by atoms with Crippen LogP contribution in [0.4, 0.5) is 0 Å². The normalized spacial score (nSPS) is 10.0. The Hall–Kier alpha value is -1.41. The molecule has 158 valence electrons. The van der Waals surface area contributed by atoms with Crippen molar-refractivity contribution in [1.29, 1.82) is 0 Å². The topological polar surface area (TPSA) is 0 Å². The molecule has 0 bridgehead atoms. The molecule has 31 heavy (non-hydrogen) atoms. The Labute approximate surface area is 220 Å². The summed E-state index contributed by atoms with van der Waals surface area (Å²) in [5, 5.41) is 0. The average molecular weight is 504 g/mol. The number of halogens is 3. The molecular formula is C27H25Cl3Ti. The summed E-state index contributed by atoms with van der Waals surface area (Å²) in [6.07, 6.45) is 0. The van der Waals surface area contributed by atoms with Gasteiger partial charge in [-0.05, 0) is 16.7 Å². The fraction of sp³-hybridized carbons (Fsp3) is 0.148. The summed E-state index contributed by atoms with van der Waals surface area (Å²) in [6.45, 7) is 6.73. The minimum absolute atomic E-state index is 0. The van der Waals surface area contributed by atoms with Crippen molar-refractivity contribution < 1.29 is 58.9 Å². The quantitative estimate of drug-likeness (QED) is 0.167. The standard InChI is InChI=1S/C27H25.3ClH.Ti/c1-20-19-21(2)26(22(20)3)27(23-13-7-4-8-14-23,24-15-9-5-10-16-24)25-17-11-6-12-18-25;;;;/h4-19H,1-3H3;3*1H;/q-1;;;;+4/p-3. The molecule has 0 atom stereocenters. The van der Waals surface area contributed by atoms with E-state index in [9.17, 15) is 0 Å². The third-order valence-corrected chi connectivity index (χ3v) is 5.79. The molecule has 0 saturated carbocycles. The van der Waals surface area contributed by atoms with Crippen LogP contribution in [0.1, 0.15) is 38.9 Å². The van der Waals surface area contributed by atoms with Crippen LogP contribution >= 0.6 is 0 Å². The predicted octanol–water partition coefficient (Wildman–Crippen LogP) is -2.28. The van der Waals surface area contributed by atoms with Crippen molar-refractivity contribution in [3.63, 3.8) is 0 Å². The molecule has 0 aliphatic carbocycles.